The summed E-state index contributed by atoms with van der Waals surface area (Å²) < 4.78 is 0. The maximum absolute atomic E-state index is 11.3. The molecule has 0 radical (unpaired) electrons. The molecule has 0 spiro atoms. The van der Waals surface area contributed by atoms with Crippen LogP contribution < -0.4 is 0 Å². The van der Waals surface area contributed by atoms with E-state index in [1.54, 1.807) is 11.8 Å². The Morgan fingerprint density at radius 2 is 1.67 bits per heavy atom. The first-order valence-corrected chi connectivity index (χ1v) is 8.18. The molecule has 0 aliphatic heterocycles. The van der Waals surface area contributed by atoms with Crippen molar-refractivity contribution in [2.75, 3.05) is 17.3 Å². The molecule has 0 fully saturated rings. The fourth-order valence-electron chi connectivity index (χ4n) is 1.16. The fourth-order valence-corrected chi connectivity index (χ4v) is 3.12. The van der Waals surface area contributed by atoms with Crippen molar-refractivity contribution in [1.29, 1.82) is 0 Å². The van der Waals surface area contributed by atoms with E-state index in [2.05, 4.69) is 13.8 Å². The van der Waals surface area contributed by atoms with E-state index in [4.69, 9.17) is 0 Å². The molecule has 0 aromatic rings. The Bertz CT molecular complexity index is 149. The maximum Gasteiger partial charge on any atom is 0.198 e. The molecule has 3 heteroatoms. The number of thioether (sulfide) groups is 2. The SMILES string of the molecule is CCCCCCSCC(=O)SCCCC. The molecule has 0 aliphatic rings. The molecule has 0 aromatic heterocycles. The Labute approximate surface area is 103 Å². The molecular formula is C12H24OS2. The van der Waals surface area contributed by atoms with E-state index in [1.165, 1.54) is 43.9 Å². The van der Waals surface area contributed by atoms with E-state index in [9.17, 15) is 4.79 Å². The van der Waals surface area contributed by atoms with Crippen molar-refractivity contribution >= 4 is 28.6 Å². The van der Waals surface area contributed by atoms with Gasteiger partial charge in [0.1, 0.15) is 0 Å². The average molecular weight is 248 g/mol. The molecule has 0 aliphatic carbocycles. The molecule has 1 nitrogen and oxygen atoms in total. The van der Waals surface area contributed by atoms with Crippen LogP contribution in [0.5, 0.6) is 0 Å². The third-order valence-corrected chi connectivity index (χ3v) is 4.31. The number of hydrogen-bond donors (Lipinski definition) is 0. The number of hydrogen-bond acceptors (Lipinski definition) is 3. The third kappa shape index (κ3) is 12.3. The van der Waals surface area contributed by atoms with Crippen molar-refractivity contribution in [3.63, 3.8) is 0 Å². The number of carbonyl (C=O) groups excluding carboxylic acids is 1. The fraction of sp³-hybridized carbons (Fsp3) is 0.917. The maximum atomic E-state index is 11.3. The van der Waals surface area contributed by atoms with Crippen LogP contribution in [0.4, 0.5) is 0 Å². The van der Waals surface area contributed by atoms with Crippen LogP contribution in [0.1, 0.15) is 52.4 Å². The summed E-state index contributed by atoms with van der Waals surface area (Å²) in [6.07, 6.45) is 7.56. The summed E-state index contributed by atoms with van der Waals surface area (Å²) >= 11 is 3.31. The molecule has 0 rings (SSSR count). The molecule has 0 saturated heterocycles. The Morgan fingerprint density at radius 1 is 0.933 bits per heavy atom. The van der Waals surface area contributed by atoms with Crippen LogP contribution in [-0.4, -0.2) is 22.4 Å². The van der Waals surface area contributed by atoms with E-state index in [-0.39, 0.29) is 0 Å². The van der Waals surface area contributed by atoms with Gasteiger partial charge in [0, 0.05) is 5.75 Å². The van der Waals surface area contributed by atoms with Gasteiger partial charge >= 0.3 is 0 Å². The molecule has 0 heterocycles. The number of unbranched alkanes of at least 4 members (excludes halogenated alkanes) is 4. The van der Waals surface area contributed by atoms with E-state index >= 15 is 0 Å². The summed E-state index contributed by atoms with van der Waals surface area (Å²) in [6.45, 7) is 4.38. The molecule has 0 saturated carbocycles. The predicted molar refractivity (Wildman–Crippen MR) is 73.8 cm³/mol. The highest BCUT2D eigenvalue weighted by Gasteiger charge is 2.01. The molecule has 15 heavy (non-hydrogen) atoms. The van der Waals surface area contributed by atoms with Gasteiger partial charge in [-0.2, -0.15) is 11.8 Å². The van der Waals surface area contributed by atoms with Crippen LogP contribution >= 0.6 is 23.5 Å². The minimum Gasteiger partial charge on any atom is -0.286 e. The highest BCUT2D eigenvalue weighted by atomic mass is 32.2. The van der Waals surface area contributed by atoms with Gasteiger partial charge in [0.05, 0.1) is 5.75 Å². The normalized spacial score (nSPS) is 10.5. The molecular weight excluding hydrogens is 224 g/mol. The van der Waals surface area contributed by atoms with Crippen LogP contribution in [-0.2, 0) is 4.79 Å². The number of carbonyl (C=O) groups is 1. The van der Waals surface area contributed by atoms with Gasteiger partial charge < -0.3 is 0 Å². The first-order valence-electron chi connectivity index (χ1n) is 6.04. The number of rotatable bonds is 10. The van der Waals surface area contributed by atoms with Gasteiger partial charge in [0.15, 0.2) is 5.12 Å². The van der Waals surface area contributed by atoms with Crippen molar-refractivity contribution in [3.8, 4) is 0 Å². The second-order valence-electron chi connectivity index (χ2n) is 3.69. The van der Waals surface area contributed by atoms with Crippen molar-refractivity contribution in [1.82, 2.24) is 0 Å². The molecule has 0 N–H and O–H groups in total. The van der Waals surface area contributed by atoms with Gasteiger partial charge in [-0.05, 0) is 18.6 Å². The Balaban J connectivity index is 3.10. The van der Waals surface area contributed by atoms with Gasteiger partial charge in [-0.15, -0.1) is 0 Å². The lowest BCUT2D eigenvalue weighted by atomic mass is 10.2. The van der Waals surface area contributed by atoms with Gasteiger partial charge in [0.2, 0.25) is 0 Å². The first kappa shape index (κ1) is 15.4. The Hall–Kier alpha value is 0.370. The van der Waals surface area contributed by atoms with E-state index in [0.717, 1.165) is 17.9 Å². The summed E-state index contributed by atoms with van der Waals surface area (Å²) in [6, 6.07) is 0. The largest absolute Gasteiger partial charge is 0.286 e. The zero-order valence-corrected chi connectivity index (χ0v) is 11.7. The lowest BCUT2D eigenvalue weighted by molar-refractivity contribution is -0.108. The first-order chi connectivity index (χ1) is 7.31. The van der Waals surface area contributed by atoms with Crippen molar-refractivity contribution in [2.24, 2.45) is 0 Å². The summed E-state index contributed by atoms with van der Waals surface area (Å²) in [7, 11) is 0. The highest BCUT2D eigenvalue weighted by Crippen LogP contribution is 2.13. The highest BCUT2D eigenvalue weighted by molar-refractivity contribution is 8.15. The monoisotopic (exact) mass is 248 g/mol. The van der Waals surface area contributed by atoms with Gasteiger partial charge in [-0.3, -0.25) is 4.79 Å². The second-order valence-corrected chi connectivity index (χ2v) is 5.94. The van der Waals surface area contributed by atoms with Crippen LogP contribution in [0.15, 0.2) is 0 Å². The minimum atomic E-state index is 0.365. The van der Waals surface area contributed by atoms with Crippen LogP contribution in [0.2, 0.25) is 0 Å². The van der Waals surface area contributed by atoms with E-state index in [0.29, 0.717) is 10.9 Å². The van der Waals surface area contributed by atoms with Crippen LogP contribution in [0, 0.1) is 0 Å². The third-order valence-electron chi connectivity index (χ3n) is 2.12. The van der Waals surface area contributed by atoms with Crippen LogP contribution in [0.3, 0.4) is 0 Å². The second kappa shape index (κ2) is 12.4. The molecule has 90 valence electrons. The smallest absolute Gasteiger partial charge is 0.198 e. The topological polar surface area (TPSA) is 17.1 Å². The van der Waals surface area contributed by atoms with Crippen molar-refractivity contribution < 1.29 is 4.79 Å². The van der Waals surface area contributed by atoms with Crippen molar-refractivity contribution in [2.45, 2.75) is 52.4 Å². The van der Waals surface area contributed by atoms with E-state index < -0.39 is 0 Å². The molecule has 0 unspecified atom stereocenters. The van der Waals surface area contributed by atoms with Gasteiger partial charge in [0.25, 0.3) is 0 Å². The summed E-state index contributed by atoms with van der Waals surface area (Å²) in [5.74, 6) is 2.87. The lowest BCUT2D eigenvalue weighted by Crippen LogP contribution is -1.98. The zero-order valence-electron chi connectivity index (χ0n) is 10.1. The molecule has 0 amide bonds. The van der Waals surface area contributed by atoms with Crippen molar-refractivity contribution in [3.05, 3.63) is 0 Å². The lowest BCUT2D eigenvalue weighted by Gasteiger charge is -2.00. The molecule has 0 aromatic carbocycles. The minimum absolute atomic E-state index is 0.365. The average Bonchev–Trinajstić information content (AvgIpc) is 2.23. The summed E-state index contributed by atoms with van der Waals surface area (Å²) in [5.41, 5.74) is 0. The van der Waals surface area contributed by atoms with Gasteiger partial charge in [-0.1, -0.05) is 51.3 Å². The molecule has 0 bridgehead atoms. The zero-order chi connectivity index (χ0) is 11.4. The Kier molecular flexibility index (Phi) is 12.7. The predicted octanol–water partition coefficient (Wildman–Crippen LogP) is 4.36. The van der Waals surface area contributed by atoms with E-state index in [1.807, 2.05) is 0 Å². The van der Waals surface area contributed by atoms with Crippen LogP contribution in [0.25, 0.3) is 0 Å². The standard InChI is InChI=1S/C12H24OS2/c1-3-5-7-8-9-14-11-12(13)15-10-6-4-2/h3-11H2,1-2H3. The molecule has 0 atom stereocenters. The summed E-state index contributed by atoms with van der Waals surface area (Å²) in [4.78, 5) is 11.3. The summed E-state index contributed by atoms with van der Waals surface area (Å²) in [5, 5.41) is 0.365. The van der Waals surface area contributed by atoms with Gasteiger partial charge in [-0.25, -0.2) is 0 Å². The quantitative estimate of drug-likeness (QED) is 0.535. The Morgan fingerprint density at radius 3 is 2.33 bits per heavy atom.